The Kier molecular flexibility index (Phi) is 4.97. The normalized spacial score (nSPS) is 18.3. The highest BCUT2D eigenvalue weighted by molar-refractivity contribution is 5.77. The molecule has 19 heavy (non-hydrogen) atoms. The van der Waals surface area contributed by atoms with E-state index in [9.17, 15) is 4.79 Å². The average Bonchev–Trinajstić information content (AvgIpc) is 2.46. The molecular formula is C16H24N2O. The molecule has 1 aromatic rings. The van der Waals surface area contributed by atoms with Gasteiger partial charge in [0, 0.05) is 25.4 Å². The van der Waals surface area contributed by atoms with Gasteiger partial charge in [-0.25, -0.2) is 0 Å². The molecule has 1 aliphatic rings. The fourth-order valence-electron chi connectivity index (χ4n) is 2.66. The summed E-state index contributed by atoms with van der Waals surface area (Å²) < 4.78 is 0. The molecule has 1 amide bonds. The number of carbonyl (C=O) groups is 1. The molecule has 0 aromatic heterocycles. The highest BCUT2D eigenvalue weighted by atomic mass is 16.2. The van der Waals surface area contributed by atoms with Gasteiger partial charge < -0.3 is 10.6 Å². The SMILES string of the molecule is CC1CCN(C(=O)CC(CN)c2ccccc2)CC1. The van der Waals surface area contributed by atoms with Crippen LogP contribution in [0.15, 0.2) is 30.3 Å². The quantitative estimate of drug-likeness (QED) is 0.903. The Morgan fingerprint density at radius 2 is 1.95 bits per heavy atom. The minimum Gasteiger partial charge on any atom is -0.343 e. The van der Waals surface area contributed by atoms with Crippen LogP contribution >= 0.6 is 0 Å². The molecule has 1 heterocycles. The van der Waals surface area contributed by atoms with Crippen LogP contribution in [-0.2, 0) is 4.79 Å². The van der Waals surface area contributed by atoms with E-state index in [1.54, 1.807) is 0 Å². The minimum atomic E-state index is 0.146. The first-order chi connectivity index (χ1) is 9.20. The van der Waals surface area contributed by atoms with E-state index in [-0.39, 0.29) is 11.8 Å². The maximum atomic E-state index is 12.3. The van der Waals surface area contributed by atoms with E-state index < -0.39 is 0 Å². The number of hydrogen-bond acceptors (Lipinski definition) is 2. The van der Waals surface area contributed by atoms with Crippen molar-refractivity contribution in [2.75, 3.05) is 19.6 Å². The lowest BCUT2D eigenvalue weighted by atomic mass is 9.94. The molecule has 1 aromatic carbocycles. The van der Waals surface area contributed by atoms with Crippen molar-refractivity contribution < 1.29 is 4.79 Å². The molecule has 2 rings (SSSR count). The van der Waals surface area contributed by atoms with Crippen LogP contribution in [0, 0.1) is 5.92 Å². The van der Waals surface area contributed by atoms with Gasteiger partial charge in [0.1, 0.15) is 0 Å². The van der Waals surface area contributed by atoms with E-state index in [0.717, 1.165) is 31.8 Å². The number of carbonyl (C=O) groups excluding carboxylic acids is 1. The third kappa shape index (κ3) is 3.80. The Morgan fingerprint density at radius 3 is 2.53 bits per heavy atom. The lowest BCUT2D eigenvalue weighted by molar-refractivity contribution is -0.132. The van der Waals surface area contributed by atoms with Gasteiger partial charge in [0.15, 0.2) is 0 Å². The van der Waals surface area contributed by atoms with E-state index in [0.29, 0.717) is 13.0 Å². The summed E-state index contributed by atoms with van der Waals surface area (Å²) in [5.41, 5.74) is 7.00. The second-order valence-corrected chi connectivity index (χ2v) is 5.61. The second-order valence-electron chi connectivity index (χ2n) is 5.61. The van der Waals surface area contributed by atoms with E-state index in [4.69, 9.17) is 5.73 Å². The maximum Gasteiger partial charge on any atom is 0.223 e. The van der Waals surface area contributed by atoms with Gasteiger partial charge in [-0.3, -0.25) is 4.79 Å². The van der Waals surface area contributed by atoms with E-state index in [2.05, 4.69) is 19.1 Å². The van der Waals surface area contributed by atoms with E-state index in [1.165, 1.54) is 5.56 Å². The molecular weight excluding hydrogens is 236 g/mol. The van der Waals surface area contributed by atoms with Crippen LogP contribution in [0.5, 0.6) is 0 Å². The predicted octanol–water partition coefficient (Wildman–Crippen LogP) is 2.38. The second kappa shape index (κ2) is 6.71. The number of likely N-dealkylation sites (tertiary alicyclic amines) is 1. The van der Waals surface area contributed by atoms with Gasteiger partial charge in [-0.2, -0.15) is 0 Å². The van der Waals surface area contributed by atoms with Crippen LogP contribution in [-0.4, -0.2) is 30.4 Å². The number of rotatable bonds is 4. The van der Waals surface area contributed by atoms with Crippen molar-refractivity contribution in [2.24, 2.45) is 11.7 Å². The van der Waals surface area contributed by atoms with Gasteiger partial charge in [0.2, 0.25) is 5.91 Å². The predicted molar refractivity (Wildman–Crippen MR) is 77.8 cm³/mol. The van der Waals surface area contributed by atoms with Crippen molar-refractivity contribution in [3.63, 3.8) is 0 Å². The summed E-state index contributed by atoms with van der Waals surface area (Å²) in [7, 11) is 0. The summed E-state index contributed by atoms with van der Waals surface area (Å²) in [6.07, 6.45) is 2.80. The Hall–Kier alpha value is -1.35. The molecule has 0 aliphatic carbocycles. The first-order valence-corrected chi connectivity index (χ1v) is 7.23. The summed E-state index contributed by atoms with van der Waals surface area (Å²) in [6, 6.07) is 10.1. The van der Waals surface area contributed by atoms with Crippen molar-refractivity contribution in [3.05, 3.63) is 35.9 Å². The fourth-order valence-corrected chi connectivity index (χ4v) is 2.66. The molecule has 1 aliphatic heterocycles. The van der Waals surface area contributed by atoms with Gasteiger partial charge in [0.05, 0.1) is 0 Å². The summed E-state index contributed by atoms with van der Waals surface area (Å²) in [4.78, 5) is 14.3. The smallest absolute Gasteiger partial charge is 0.223 e. The zero-order chi connectivity index (χ0) is 13.7. The number of piperidine rings is 1. The topological polar surface area (TPSA) is 46.3 Å². The molecule has 1 fully saturated rings. The lowest BCUT2D eigenvalue weighted by Crippen LogP contribution is -2.39. The third-order valence-corrected chi connectivity index (χ3v) is 4.11. The molecule has 1 atom stereocenters. The molecule has 0 spiro atoms. The van der Waals surface area contributed by atoms with Crippen LogP contribution in [0.1, 0.15) is 37.7 Å². The van der Waals surface area contributed by atoms with E-state index >= 15 is 0 Å². The first-order valence-electron chi connectivity index (χ1n) is 7.23. The number of amides is 1. The van der Waals surface area contributed by atoms with E-state index in [1.807, 2.05) is 23.1 Å². The van der Waals surface area contributed by atoms with Crippen molar-refractivity contribution in [1.82, 2.24) is 4.90 Å². The molecule has 3 heteroatoms. The Bertz CT molecular complexity index is 396. The van der Waals surface area contributed by atoms with Crippen molar-refractivity contribution in [1.29, 1.82) is 0 Å². The van der Waals surface area contributed by atoms with Crippen molar-refractivity contribution in [3.8, 4) is 0 Å². The summed E-state index contributed by atoms with van der Waals surface area (Å²) in [6.45, 7) is 4.60. The van der Waals surface area contributed by atoms with Gasteiger partial charge in [-0.05, 0) is 30.9 Å². The Labute approximate surface area is 115 Å². The molecule has 2 N–H and O–H groups in total. The van der Waals surface area contributed by atoms with Crippen LogP contribution < -0.4 is 5.73 Å². The minimum absolute atomic E-state index is 0.146. The standard InChI is InChI=1S/C16H24N2O/c1-13-7-9-18(10-8-13)16(19)11-15(12-17)14-5-3-2-4-6-14/h2-6,13,15H,7-12,17H2,1H3. The first kappa shape index (κ1) is 14.1. The van der Waals surface area contributed by atoms with Gasteiger partial charge in [-0.15, -0.1) is 0 Å². The Morgan fingerprint density at radius 1 is 1.32 bits per heavy atom. The maximum absolute atomic E-state index is 12.3. The summed E-state index contributed by atoms with van der Waals surface area (Å²) >= 11 is 0. The van der Waals surface area contributed by atoms with Crippen molar-refractivity contribution in [2.45, 2.75) is 32.1 Å². The monoisotopic (exact) mass is 260 g/mol. The largest absolute Gasteiger partial charge is 0.343 e. The van der Waals surface area contributed by atoms with Crippen LogP contribution in [0.3, 0.4) is 0 Å². The lowest BCUT2D eigenvalue weighted by Gasteiger charge is -2.31. The number of nitrogens with zero attached hydrogens (tertiary/aromatic N) is 1. The molecule has 3 nitrogen and oxygen atoms in total. The number of hydrogen-bond donors (Lipinski definition) is 1. The Balaban J connectivity index is 1.93. The molecule has 0 saturated carbocycles. The molecule has 1 saturated heterocycles. The molecule has 104 valence electrons. The van der Waals surface area contributed by atoms with Gasteiger partial charge in [-0.1, -0.05) is 37.3 Å². The zero-order valence-electron chi connectivity index (χ0n) is 11.7. The third-order valence-electron chi connectivity index (χ3n) is 4.11. The number of nitrogens with two attached hydrogens (primary N) is 1. The zero-order valence-corrected chi connectivity index (χ0v) is 11.7. The fraction of sp³-hybridized carbons (Fsp3) is 0.562. The molecule has 0 bridgehead atoms. The highest BCUT2D eigenvalue weighted by Crippen LogP contribution is 2.22. The van der Waals surface area contributed by atoms with Crippen LogP contribution in [0.25, 0.3) is 0 Å². The van der Waals surface area contributed by atoms with Crippen LogP contribution in [0.2, 0.25) is 0 Å². The van der Waals surface area contributed by atoms with Crippen molar-refractivity contribution >= 4 is 5.91 Å². The van der Waals surface area contributed by atoms with Crippen LogP contribution in [0.4, 0.5) is 0 Å². The summed E-state index contributed by atoms with van der Waals surface area (Å²) in [5, 5.41) is 0. The summed E-state index contributed by atoms with van der Waals surface area (Å²) in [5.74, 6) is 1.16. The average molecular weight is 260 g/mol. The van der Waals surface area contributed by atoms with Gasteiger partial charge in [0.25, 0.3) is 0 Å². The number of benzene rings is 1. The molecule has 1 unspecified atom stereocenters. The molecule has 0 radical (unpaired) electrons. The highest BCUT2D eigenvalue weighted by Gasteiger charge is 2.23. The van der Waals surface area contributed by atoms with Gasteiger partial charge >= 0.3 is 0 Å².